The summed E-state index contributed by atoms with van der Waals surface area (Å²) in [5.74, 6) is -0.386. The van der Waals surface area contributed by atoms with Crippen LogP contribution in [0.4, 0.5) is 5.00 Å². The molecule has 3 amide bonds. The fourth-order valence-corrected chi connectivity index (χ4v) is 5.17. The molecule has 0 aromatic carbocycles. The third-order valence-corrected chi connectivity index (χ3v) is 6.53. The second-order valence-corrected chi connectivity index (χ2v) is 8.34. The van der Waals surface area contributed by atoms with Crippen LogP contribution in [0.25, 0.3) is 0 Å². The van der Waals surface area contributed by atoms with E-state index < -0.39 is 0 Å². The fraction of sp³-hybridized carbons (Fsp3) is 0.368. The van der Waals surface area contributed by atoms with Gasteiger partial charge in [0.25, 0.3) is 11.8 Å². The van der Waals surface area contributed by atoms with E-state index in [9.17, 15) is 14.4 Å². The lowest BCUT2D eigenvalue weighted by Gasteiger charge is -2.27. The average molecular weight is 419 g/mol. The number of aromatic nitrogens is 1. The molecule has 0 aliphatic carbocycles. The quantitative estimate of drug-likeness (QED) is 0.750. The molecule has 0 unspecified atom stereocenters. The molecular formula is C19H19ClN4O3S. The van der Waals surface area contributed by atoms with E-state index in [0.29, 0.717) is 47.3 Å². The summed E-state index contributed by atoms with van der Waals surface area (Å²) in [4.78, 5) is 48.1. The number of nitrogens with zero attached hydrogens (tertiary/aromatic N) is 4. The molecule has 0 spiro atoms. The number of anilines is 1. The molecule has 2 aliphatic rings. The van der Waals surface area contributed by atoms with Gasteiger partial charge in [-0.1, -0.05) is 11.6 Å². The minimum atomic E-state index is -0.169. The van der Waals surface area contributed by atoms with Gasteiger partial charge in [0, 0.05) is 31.2 Å². The van der Waals surface area contributed by atoms with Gasteiger partial charge in [0.2, 0.25) is 5.91 Å². The van der Waals surface area contributed by atoms with Crippen LogP contribution in [0.1, 0.15) is 38.2 Å². The van der Waals surface area contributed by atoms with Crippen LogP contribution in [0.3, 0.4) is 0 Å². The van der Waals surface area contributed by atoms with Crippen molar-refractivity contribution >= 4 is 45.7 Å². The van der Waals surface area contributed by atoms with E-state index in [1.165, 1.54) is 22.4 Å². The lowest BCUT2D eigenvalue weighted by Crippen LogP contribution is -2.38. The molecule has 0 N–H and O–H groups in total. The number of likely N-dealkylation sites (N-methyl/N-ethyl adjacent to an activating group) is 2. The summed E-state index contributed by atoms with van der Waals surface area (Å²) in [5.41, 5.74) is 1.91. The van der Waals surface area contributed by atoms with Crippen molar-refractivity contribution in [3.8, 4) is 0 Å². The molecule has 9 heteroatoms. The van der Waals surface area contributed by atoms with E-state index in [0.717, 1.165) is 10.4 Å². The second kappa shape index (κ2) is 7.18. The monoisotopic (exact) mass is 418 g/mol. The maximum absolute atomic E-state index is 12.9. The minimum absolute atomic E-state index is 0.0791. The summed E-state index contributed by atoms with van der Waals surface area (Å²) < 4.78 is 0. The predicted molar refractivity (Wildman–Crippen MR) is 107 cm³/mol. The second-order valence-electron chi connectivity index (χ2n) is 6.82. The van der Waals surface area contributed by atoms with Gasteiger partial charge >= 0.3 is 0 Å². The van der Waals surface area contributed by atoms with Gasteiger partial charge in [-0.25, -0.2) is 4.98 Å². The SMILES string of the molecule is CCN1C(=O)CN(C)C(=O)c2c1sc1c2CCN(C(=O)c2ccc(Cl)cn2)C1. The molecule has 0 fully saturated rings. The van der Waals surface area contributed by atoms with Crippen molar-refractivity contribution < 1.29 is 14.4 Å². The Balaban J connectivity index is 1.68. The Morgan fingerprint density at radius 2 is 2.07 bits per heavy atom. The molecule has 2 aliphatic heterocycles. The summed E-state index contributed by atoms with van der Waals surface area (Å²) in [6, 6.07) is 3.25. The van der Waals surface area contributed by atoms with Crippen LogP contribution in [-0.4, -0.2) is 59.2 Å². The van der Waals surface area contributed by atoms with Crippen molar-refractivity contribution in [1.29, 1.82) is 0 Å². The van der Waals surface area contributed by atoms with E-state index in [-0.39, 0.29) is 24.3 Å². The average Bonchev–Trinajstić information content (AvgIpc) is 3.02. The highest BCUT2D eigenvalue weighted by Gasteiger charge is 2.37. The lowest BCUT2D eigenvalue weighted by atomic mass is 10.0. The highest BCUT2D eigenvalue weighted by molar-refractivity contribution is 7.17. The molecule has 0 saturated heterocycles. The van der Waals surface area contributed by atoms with Crippen LogP contribution >= 0.6 is 22.9 Å². The number of rotatable bonds is 2. The Kier molecular flexibility index (Phi) is 4.84. The number of thiophene rings is 1. The zero-order chi connectivity index (χ0) is 20.0. The van der Waals surface area contributed by atoms with Crippen molar-refractivity contribution in [2.24, 2.45) is 0 Å². The number of halogens is 1. The summed E-state index contributed by atoms with van der Waals surface area (Å²) >= 11 is 7.29. The molecule has 2 aromatic rings. The van der Waals surface area contributed by atoms with Crippen molar-refractivity contribution in [3.63, 3.8) is 0 Å². The van der Waals surface area contributed by atoms with E-state index in [2.05, 4.69) is 4.98 Å². The lowest BCUT2D eigenvalue weighted by molar-refractivity contribution is -0.118. The van der Waals surface area contributed by atoms with Crippen LogP contribution in [0.15, 0.2) is 18.3 Å². The number of carbonyl (C=O) groups excluding carboxylic acids is 3. The topological polar surface area (TPSA) is 73.8 Å². The normalized spacial score (nSPS) is 16.8. The van der Waals surface area contributed by atoms with Crippen LogP contribution in [0.5, 0.6) is 0 Å². The van der Waals surface area contributed by atoms with Crippen LogP contribution in [0.2, 0.25) is 5.02 Å². The Morgan fingerprint density at radius 3 is 2.75 bits per heavy atom. The molecule has 4 rings (SSSR count). The number of amides is 3. The van der Waals surface area contributed by atoms with Gasteiger partial charge in [0.1, 0.15) is 17.2 Å². The molecule has 28 heavy (non-hydrogen) atoms. The summed E-state index contributed by atoms with van der Waals surface area (Å²) in [6.45, 7) is 3.38. The Labute approximate surface area is 171 Å². The van der Waals surface area contributed by atoms with Gasteiger partial charge in [-0.3, -0.25) is 14.4 Å². The van der Waals surface area contributed by atoms with Crippen LogP contribution in [0, 0.1) is 0 Å². The molecule has 0 bridgehead atoms. The zero-order valence-corrected chi connectivity index (χ0v) is 17.1. The number of hydrogen-bond acceptors (Lipinski definition) is 5. The Morgan fingerprint density at radius 1 is 1.29 bits per heavy atom. The van der Waals surface area contributed by atoms with Crippen molar-refractivity contribution in [3.05, 3.63) is 45.1 Å². The molecular weight excluding hydrogens is 400 g/mol. The summed E-state index contributed by atoms with van der Waals surface area (Å²) in [6.07, 6.45) is 2.03. The van der Waals surface area contributed by atoms with E-state index in [1.54, 1.807) is 29.0 Å². The first-order chi connectivity index (χ1) is 13.4. The Bertz CT molecular complexity index is 972. The molecule has 7 nitrogen and oxygen atoms in total. The summed E-state index contributed by atoms with van der Waals surface area (Å²) in [7, 11) is 1.65. The first-order valence-corrected chi connectivity index (χ1v) is 10.2. The standard InChI is InChI=1S/C19H19ClN4O3S/c1-3-24-15(25)10-22(2)18(27)16-12-6-7-23(9-14(12)28-19(16)24)17(26)13-5-4-11(20)8-21-13/h4-5,8H,3,6-7,9-10H2,1-2H3. The maximum Gasteiger partial charge on any atom is 0.272 e. The fourth-order valence-electron chi connectivity index (χ4n) is 3.62. The zero-order valence-electron chi connectivity index (χ0n) is 15.6. The van der Waals surface area contributed by atoms with Crippen molar-refractivity contribution in [2.75, 3.05) is 31.6 Å². The van der Waals surface area contributed by atoms with Crippen LogP contribution in [-0.2, 0) is 17.8 Å². The molecule has 2 aromatic heterocycles. The van der Waals surface area contributed by atoms with Gasteiger partial charge in [0.05, 0.1) is 17.1 Å². The van der Waals surface area contributed by atoms with Gasteiger partial charge in [-0.2, -0.15) is 0 Å². The Hall–Kier alpha value is -2.45. The molecule has 146 valence electrons. The van der Waals surface area contributed by atoms with Gasteiger partial charge in [0.15, 0.2) is 0 Å². The number of carbonyl (C=O) groups is 3. The van der Waals surface area contributed by atoms with Gasteiger partial charge in [-0.05, 0) is 31.0 Å². The van der Waals surface area contributed by atoms with E-state index in [4.69, 9.17) is 11.6 Å². The number of fused-ring (bicyclic) bond motifs is 3. The van der Waals surface area contributed by atoms with E-state index in [1.807, 2.05) is 6.92 Å². The first kappa shape index (κ1) is 18.9. The number of pyridine rings is 1. The third-order valence-electron chi connectivity index (χ3n) is 5.07. The van der Waals surface area contributed by atoms with Crippen molar-refractivity contribution in [1.82, 2.24) is 14.8 Å². The van der Waals surface area contributed by atoms with Gasteiger partial charge in [-0.15, -0.1) is 11.3 Å². The van der Waals surface area contributed by atoms with Crippen LogP contribution < -0.4 is 4.90 Å². The third kappa shape index (κ3) is 3.06. The molecule has 0 radical (unpaired) electrons. The largest absolute Gasteiger partial charge is 0.332 e. The molecule has 0 saturated carbocycles. The van der Waals surface area contributed by atoms with E-state index >= 15 is 0 Å². The maximum atomic E-state index is 12.9. The minimum Gasteiger partial charge on any atom is -0.332 e. The highest BCUT2D eigenvalue weighted by Crippen LogP contribution is 2.41. The predicted octanol–water partition coefficient (Wildman–Crippen LogP) is 2.43. The van der Waals surface area contributed by atoms with Gasteiger partial charge < -0.3 is 14.7 Å². The highest BCUT2D eigenvalue weighted by atomic mass is 35.5. The summed E-state index contributed by atoms with van der Waals surface area (Å²) in [5, 5.41) is 1.18. The molecule has 4 heterocycles. The van der Waals surface area contributed by atoms with Crippen molar-refractivity contribution in [2.45, 2.75) is 19.9 Å². The molecule has 0 atom stereocenters. The number of hydrogen-bond donors (Lipinski definition) is 0. The smallest absolute Gasteiger partial charge is 0.272 e. The first-order valence-electron chi connectivity index (χ1n) is 9.02.